The van der Waals surface area contributed by atoms with Gasteiger partial charge in [0.15, 0.2) is 5.13 Å². The Morgan fingerprint density at radius 2 is 1.78 bits per heavy atom. The van der Waals surface area contributed by atoms with Crippen LogP contribution in [0.2, 0.25) is 0 Å². The van der Waals surface area contributed by atoms with Crippen LogP contribution in [0.5, 0.6) is 0 Å². The van der Waals surface area contributed by atoms with Crippen LogP contribution < -0.4 is 4.90 Å². The minimum Gasteiger partial charge on any atom is -0.353 e. The molecule has 2 aromatic heterocycles. The van der Waals surface area contributed by atoms with Crippen LogP contribution >= 0.6 is 27.3 Å². The summed E-state index contributed by atoms with van der Waals surface area (Å²) in [5, 5.41) is 17.4. The lowest BCUT2D eigenvalue weighted by Crippen LogP contribution is -2.27. The van der Waals surface area contributed by atoms with E-state index in [1.165, 1.54) is 23.2 Å². The van der Waals surface area contributed by atoms with E-state index in [0.29, 0.717) is 16.5 Å². The van der Waals surface area contributed by atoms with Gasteiger partial charge in [0.25, 0.3) is 5.91 Å². The molecule has 0 spiro atoms. The predicted octanol–water partition coefficient (Wildman–Crippen LogP) is 6.37. The van der Waals surface area contributed by atoms with Crippen LogP contribution in [-0.2, 0) is 0 Å². The number of aryl methyl sites for hydroxylation is 3. The highest BCUT2D eigenvalue weighted by Crippen LogP contribution is 2.36. The number of hydrogen-bond donors (Lipinski definition) is 0. The molecule has 0 N–H and O–H groups in total. The van der Waals surface area contributed by atoms with Crippen molar-refractivity contribution in [2.75, 3.05) is 4.90 Å². The molecular weight excluding hydrogens is 496 g/mol. The Labute approximate surface area is 195 Å². The summed E-state index contributed by atoms with van der Waals surface area (Å²) in [7, 11) is 0. The lowest BCUT2D eigenvalue weighted by molar-refractivity contribution is -0.386. The van der Waals surface area contributed by atoms with Gasteiger partial charge in [-0.2, -0.15) is 0 Å². The molecule has 0 atom stereocenters. The quantitative estimate of drug-likeness (QED) is 0.227. The molecule has 4 aromatic rings. The SMILES string of the molecule is Cc1cc(C)cc(N(C(=O)c2noc(C)c2[N+](=O)[O-])c2nc(-c3ccc(Br)cc3)cs2)c1. The first-order valence-corrected chi connectivity index (χ1v) is 11.2. The van der Waals surface area contributed by atoms with Crippen LogP contribution in [0.1, 0.15) is 27.4 Å². The Morgan fingerprint density at radius 3 is 2.41 bits per heavy atom. The smallest absolute Gasteiger partial charge is 0.344 e. The molecule has 0 saturated heterocycles. The van der Waals surface area contributed by atoms with Crippen molar-refractivity contribution in [1.29, 1.82) is 0 Å². The summed E-state index contributed by atoms with van der Waals surface area (Å²) >= 11 is 4.68. The summed E-state index contributed by atoms with van der Waals surface area (Å²) in [6.07, 6.45) is 0. The zero-order valence-corrected chi connectivity index (χ0v) is 19.7. The molecule has 0 saturated carbocycles. The third-order valence-corrected chi connectivity index (χ3v) is 6.06. The first-order valence-electron chi connectivity index (χ1n) is 9.49. The zero-order chi connectivity index (χ0) is 23.0. The number of nitrogens with zero attached hydrogens (tertiary/aromatic N) is 4. The van der Waals surface area contributed by atoms with E-state index in [4.69, 9.17) is 4.52 Å². The Morgan fingerprint density at radius 1 is 1.12 bits per heavy atom. The highest BCUT2D eigenvalue weighted by molar-refractivity contribution is 9.10. The molecule has 0 radical (unpaired) electrons. The summed E-state index contributed by atoms with van der Waals surface area (Å²) in [5.74, 6) is -0.719. The molecule has 0 aliphatic carbocycles. The lowest BCUT2D eigenvalue weighted by atomic mass is 10.1. The molecule has 1 amide bonds. The average molecular weight is 513 g/mol. The number of carbonyl (C=O) groups is 1. The number of thiazole rings is 1. The van der Waals surface area contributed by atoms with Gasteiger partial charge in [-0.25, -0.2) is 4.98 Å². The van der Waals surface area contributed by atoms with Crippen LogP contribution in [0.4, 0.5) is 16.5 Å². The minimum absolute atomic E-state index is 0.0339. The van der Waals surface area contributed by atoms with Crippen LogP contribution in [0.3, 0.4) is 0 Å². The van der Waals surface area contributed by atoms with Gasteiger partial charge in [-0.05, 0) is 49.2 Å². The standard InChI is InChI=1S/C22H17BrN4O4S/c1-12-8-13(2)10-17(9-12)26(21(28)19-20(27(29)30)14(3)31-25-19)22-24-18(11-32-22)15-4-6-16(23)7-5-15/h4-11H,1-3H3. The van der Waals surface area contributed by atoms with Crippen LogP contribution in [-0.4, -0.2) is 21.0 Å². The lowest BCUT2D eigenvalue weighted by Gasteiger charge is -2.20. The van der Waals surface area contributed by atoms with Crippen molar-refractivity contribution in [2.45, 2.75) is 20.8 Å². The van der Waals surface area contributed by atoms with E-state index in [-0.39, 0.29) is 11.5 Å². The number of benzene rings is 2. The molecule has 8 nitrogen and oxygen atoms in total. The van der Waals surface area contributed by atoms with E-state index >= 15 is 0 Å². The largest absolute Gasteiger partial charge is 0.353 e. The van der Waals surface area contributed by atoms with E-state index in [9.17, 15) is 14.9 Å². The normalized spacial score (nSPS) is 10.9. The summed E-state index contributed by atoms with van der Waals surface area (Å²) in [6, 6.07) is 13.3. The first-order chi connectivity index (χ1) is 15.2. The van der Waals surface area contributed by atoms with Gasteiger partial charge in [0.05, 0.1) is 16.3 Å². The van der Waals surface area contributed by atoms with Gasteiger partial charge in [-0.15, -0.1) is 11.3 Å². The van der Waals surface area contributed by atoms with Gasteiger partial charge >= 0.3 is 5.69 Å². The van der Waals surface area contributed by atoms with E-state index in [1.54, 1.807) is 0 Å². The summed E-state index contributed by atoms with van der Waals surface area (Å²) in [6.45, 7) is 5.23. The fourth-order valence-corrected chi connectivity index (χ4v) is 4.46. The van der Waals surface area contributed by atoms with Crippen LogP contribution in [0.25, 0.3) is 11.3 Å². The Hall–Kier alpha value is -3.37. The average Bonchev–Trinajstić information content (AvgIpc) is 3.35. The Balaban J connectivity index is 1.85. The number of carbonyl (C=O) groups excluding carboxylic acids is 1. The second-order valence-corrected chi connectivity index (χ2v) is 8.95. The first kappa shape index (κ1) is 21.8. The predicted molar refractivity (Wildman–Crippen MR) is 126 cm³/mol. The van der Waals surface area contributed by atoms with Gasteiger partial charge in [0, 0.05) is 22.3 Å². The maximum absolute atomic E-state index is 13.6. The van der Waals surface area contributed by atoms with E-state index in [2.05, 4.69) is 26.1 Å². The summed E-state index contributed by atoms with van der Waals surface area (Å²) < 4.78 is 5.91. The third-order valence-electron chi connectivity index (χ3n) is 4.71. The number of rotatable bonds is 5. The number of amides is 1. The van der Waals surface area contributed by atoms with E-state index in [0.717, 1.165) is 21.2 Å². The summed E-state index contributed by atoms with van der Waals surface area (Å²) in [5.41, 5.74) is 3.17. The number of nitro groups is 1. The zero-order valence-electron chi connectivity index (χ0n) is 17.3. The van der Waals surface area contributed by atoms with Crippen LogP contribution in [0.15, 0.2) is 56.8 Å². The fourth-order valence-electron chi connectivity index (χ4n) is 3.34. The van der Waals surface area contributed by atoms with Gasteiger partial charge < -0.3 is 4.52 Å². The third kappa shape index (κ3) is 4.19. The molecule has 2 aromatic carbocycles. The molecule has 0 aliphatic heterocycles. The second kappa shape index (κ2) is 8.64. The maximum Gasteiger partial charge on any atom is 0.344 e. The number of halogens is 1. The van der Waals surface area contributed by atoms with Gasteiger partial charge in [-0.1, -0.05) is 39.3 Å². The molecular formula is C22H17BrN4O4S. The van der Waals surface area contributed by atoms with Crippen molar-refractivity contribution < 1.29 is 14.2 Å². The molecule has 0 unspecified atom stereocenters. The van der Waals surface area contributed by atoms with Crippen molar-refractivity contribution in [3.8, 4) is 11.3 Å². The molecule has 0 fully saturated rings. The van der Waals surface area contributed by atoms with E-state index < -0.39 is 16.5 Å². The van der Waals surface area contributed by atoms with Crippen molar-refractivity contribution in [2.24, 2.45) is 0 Å². The Bertz CT molecular complexity index is 1310. The monoisotopic (exact) mass is 512 g/mol. The summed E-state index contributed by atoms with van der Waals surface area (Å²) in [4.78, 5) is 30.4. The fraction of sp³-hybridized carbons (Fsp3) is 0.136. The molecule has 10 heteroatoms. The maximum atomic E-state index is 13.6. The van der Waals surface area contributed by atoms with Crippen LogP contribution in [0, 0.1) is 30.9 Å². The van der Waals surface area contributed by atoms with Crippen molar-refractivity contribution in [3.63, 3.8) is 0 Å². The van der Waals surface area contributed by atoms with Gasteiger partial charge in [0.1, 0.15) is 0 Å². The second-order valence-electron chi connectivity index (χ2n) is 7.20. The Kier molecular flexibility index (Phi) is 5.90. The molecule has 162 valence electrons. The van der Waals surface area contributed by atoms with Crippen molar-refractivity contribution in [3.05, 3.63) is 85.0 Å². The molecule has 0 aliphatic rings. The van der Waals surface area contributed by atoms with E-state index in [1.807, 2.05) is 61.7 Å². The number of hydrogen-bond acceptors (Lipinski definition) is 7. The molecule has 4 rings (SSSR count). The van der Waals surface area contributed by atoms with Crippen molar-refractivity contribution >= 4 is 49.7 Å². The van der Waals surface area contributed by atoms with Gasteiger partial charge in [-0.3, -0.25) is 19.8 Å². The number of anilines is 2. The molecule has 32 heavy (non-hydrogen) atoms. The minimum atomic E-state index is -0.685. The number of aromatic nitrogens is 2. The molecule has 2 heterocycles. The molecule has 0 bridgehead atoms. The van der Waals surface area contributed by atoms with Gasteiger partial charge in [0.2, 0.25) is 11.5 Å². The van der Waals surface area contributed by atoms with Crippen molar-refractivity contribution in [1.82, 2.24) is 10.1 Å². The topological polar surface area (TPSA) is 102 Å². The highest BCUT2D eigenvalue weighted by atomic mass is 79.9. The highest BCUT2D eigenvalue weighted by Gasteiger charge is 2.35.